The second-order valence-corrected chi connectivity index (χ2v) is 5.56. The van der Waals surface area contributed by atoms with Crippen molar-refractivity contribution < 1.29 is 9.13 Å². The third-order valence-corrected chi connectivity index (χ3v) is 3.01. The van der Waals surface area contributed by atoms with Crippen molar-refractivity contribution in [1.29, 1.82) is 0 Å². The minimum absolute atomic E-state index is 0. The molecule has 0 radical (unpaired) electrons. The summed E-state index contributed by atoms with van der Waals surface area (Å²) in [4.78, 5) is 8.75. The molecule has 5 nitrogen and oxygen atoms in total. The zero-order valence-electron chi connectivity index (χ0n) is 14.6. The lowest BCUT2D eigenvalue weighted by atomic mass is 10.3. The average molecular weight is 458 g/mol. The highest BCUT2D eigenvalue weighted by molar-refractivity contribution is 14.0. The van der Waals surface area contributed by atoms with E-state index in [1.807, 2.05) is 13.0 Å². The monoisotopic (exact) mass is 458 g/mol. The van der Waals surface area contributed by atoms with Crippen LogP contribution in [0.15, 0.2) is 47.6 Å². The Hall–Kier alpha value is -1.90. The lowest BCUT2D eigenvalue weighted by molar-refractivity contribution is 0.457. The number of benzene rings is 1. The molecule has 1 aromatic heterocycles. The molecule has 0 aliphatic carbocycles. The third-order valence-electron chi connectivity index (χ3n) is 3.01. The summed E-state index contributed by atoms with van der Waals surface area (Å²) < 4.78 is 18.7. The number of hydrogen-bond acceptors (Lipinski definition) is 3. The van der Waals surface area contributed by atoms with E-state index in [9.17, 15) is 4.39 Å². The molecule has 0 atom stereocenters. The Morgan fingerprint density at radius 3 is 2.68 bits per heavy atom. The van der Waals surface area contributed by atoms with Crippen LogP contribution in [0.5, 0.6) is 11.6 Å². The first kappa shape index (κ1) is 21.1. The smallest absolute Gasteiger partial charge is 0.219 e. The van der Waals surface area contributed by atoms with Crippen molar-refractivity contribution in [3.05, 3.63) is 54.0 Å². The molecule has 25 heavy (non-hydrogen) atoms. The predicted octanol–water partition coefficient (Wildman–Crippen LogP) is 4.09. The van der Waals surface area contributed by atoms with Crippen LogP contribution in [-0.4, -0.2) is 23.5 Å². The molecule has 2 rings (SSSR count). The summed E-state index contributed by atoms with van der Waals surface area (Å²) in [6, 6.07) is 9.92. The summed E-state index contributed by atoms with van der Waals surface area (Å²) in [6.07, 6.45) is 1.71. The number of pyridine rings is 1. The quantitative estimate of drug-likeness (QED) is 0.389. The molecule has 0 aliphatic heterocycles. The van der Waals surface area contributed by atoms with Gasteiger partial charge in [0.25, 0.3) is 0 Å². The van der Waals surface area contributed by atoms with Crippen molar-refractivity contribution in [2.75, 3.05) is 6.54 Å². The number of hydrogen-bond donors (Lipinski definition) is 2. The zero-order valence-corrected chi connectivity index (χ0v) is 17.0. The van der Waals surface area contributed by atoms with Crippen LogP contribution >= 0.6 is 24.0 Å². The molecule has 2 N–H and O–H groups in total. The van der Waals surface area contributed by atoms with Crippen molar-refractivity contribution in [3.63, 3.8) is 0 Å². The van der Waals surface area contributed by atoms with Gasteiger partial charge in [-0.1, -0.05) is 12.1 Å². The van der Waals surface area contributed by atoms with E-state index in [-0.39, 0.29) is 29.8 Å². The molecule has 1 aromatic carbocycles. The van der Waals surface area contributed by atoms with Gasteiger partial charge in [-0.2, -0.15) is 0 Å². The maximum atomic E-state index is 13.1. The van der Waals surface area contributed by atoms with Gasteiger partial charge < -0.3 is 15.4 Å². The molecule has 2 aromatic rings. The number of ether oxygens (including phenoxy) is 1. The summed E-state index contributed by atoms with van der Waals surface area (Å²) in [5.74, 6) is 1.27. The SMILES string of the molecule is CCNC(=NCc1ccc(Oc2cccc(F)c2)nc1)NC(C)C.I. The maximum Gasteiger partial charge on any atom is 0.219 e. The minimum Gasteiger partial charge on any atom is -0.439 e. The van der Waals surface area contributed by atoms with E-state index in [0.29, 0.717) is 24.2 Å². The van der Waals surface area contributed by atoms with Crippen molar-refractivity contribution in [2.24, 2.45) is 4.99 Å². The van der Waals surface area contributed by atoms with Crippen molar-refractivity contribution in [2.45, 2.75) is 33.4 Å². The topological polar surface area (TPSA) is 58.5 Å². The number of aromatic nitrogens is 1. The highest BCUT2D eigenvalue weighted by Crippen LogP contribution is 2.20. The second kappa shape index (κ2) is 10.9. The second-order valence-electron chi connectivity index (χ2n) is 5.56. The average Bonchev–Trinajstić information content (AvgIpc) is 2.54. The first-order valence-corrected chi connectivity index (χ1v) is 8.00. The number of aliphatic imine (C=N–C) groups is 1. The normalized spacial score (nSPS) is 11.0. The molecule has 0 fully saturated rings. The van der Waals surface area contributed by atoms with Crippen LogP contribution in [0, 0.1) is 5.82 Å². The van der Waals surface area contributed by atoms with Gasteiger partial charge in [0.05, 0.1) is 6.54 Å². The number of halogens is 2. The molecule has 1 heterocycles. The summed E-state index contributed by atoms with van der Waals surface area (Å²) in [6.45, 7) is 7.46. The zero-order chi connectivity index (χ0) is 17.4. The molecule has 0 aliphatic rings. The van der Waals surface area contributed by atoms with Crippen LogP contribution < -0.4 is 15.4 Å². The Bertz CT molecular complexity index is 677. The summed E-state index contributed by atoms with van der Waals surface area (Å²) >= 11 is 0. The lowest BCUT2D eigenvalue weighted by Gasteiger charge is -2.13. The Kier molecular flexibility index (Phi) is 9.18. The third kappa shape index (κ3) is 7.68. The fourth-order valence-corrected chi connectivity index (χ4v) is 1.98. The van der Waals surface area contributed by atoms with Gasteiger partial charge in [-0.05, 0) is 38.5 Å². The fraction of sp³-hybridized carbons (Fsp3) is 0.333. The van der Waals surface area contributed by atoms with Crippen LogP contribution in [0.3, 0.4) is 0 Å². The summed E-state index contributed by atoms with van der Waals surface area (Å²) in [5.41, 5.74) is 0.961. The highest BCUT2D eigenvalue weighted by atomic mass is 127. The molecule has 0 amide bonds. The van der Waals surface area contributed by atoms with Gasteiger partial charge >= 0.3 is 0 Å². The Morgan fingerprint density at radius 2 is 2.08 bits per heavy atom. The lowest BCUT2D eigenvalue weighted by Crippen LogP contribution is -2.40. The van der Waals surface area contributed by atoms with Crippen LogP contribution in [-0.2, 0) is 6.54 Å². The van der Waals surface area contributed by atoms with E-state index >= 15 is 0 Å². The molecule has 0 spiro atoms. The van der Waals surface area contributed by atoms with Crippen LogP contribution in [0.25, 0.3) is 0 Å². The van der Waals surface area contributed by atoms with Crippen molar-refractivity contribution in [3.8, 4) is 11.6 Å². The molecule has 0 unspecified atom stereocenters. The number of nitrogens with zero attached hydrogens (tertiary/aromatic N) is 2. The van der Waals surface area contributed by atoms with E-state index in [4.69, 9.17) is 4.74 Å². The van der Waals surface area contributed by atoms with Gasteiger partial charge in [0.15, 0.2) is 5.96 Å². The van der Waals surface area contributed by atoms with Gasteiger partial charge in [0, 0.05) is 30.9 Å². The summed E-state index contributed by atoms with van der Waals surface area (Å²) in [7, 11) is 0. The van der Waals surface area contributed by atoms with Crippen LogP contribution in [0.2, 0.25) is 0 Å². The van der Waals surface area contributed by atoms with Gasteiger partial charge in [-0.15, -0.1) is 24.0 Å². The van der Waals surface area contributed by atoms with Crippen molar-refractivity contribution >= 4 is 29.9 Å². The molecule has 0 saturated heterocycles. The maximum absolute atomic E-state index is 13.1. The van der Waals surface area contributed by atoms with Crippen LogP contribution in [0.1, 0.15) is 26.3 Å². The van der Waals surface area contributed by atoms with E-state index in [2.05, 4.69) is 34.5 Å². The number of nitrogens with one attached hydrogen (secondary N) is 2. The first-order valence-electron chi connectivity index (χ1n) is 8.00. The largest absolute Gasteiger partial charge is 0.439 e. The molecular weight excluding hydrogens is 434 g/mol. The Balaban J connectivity index is 0.00000312. The molecule has 0 saturated carbocycles. The number of guanidine groups is 1. The highest BCUT2D eigenvalue weighted by Gasteiger charge is 2.02. The molecule has 136 valence electrons. The molecule has 0 bridgehead atoms. The van der Waals surface area contributed by atoms with E-state index in [0.717, 1.165) is 18.1 Å². The molecule has 7 heteroatoms. The Labute approximate surface area is 165 Å². The fourth-order valence-electron chi connectivity index (χ4n) is 1.98. The first-order chi connectivity index (χ1) is 11.6. The van der Waals surface area contributed by atoms with Crippen LogP contribution in [0.4, 0.5) is 4.39 Å². The molecular formula is C18H24FIN4O. The van der Waals surface area contributed by atoms with E-state index in [1.165, 1.54) is 12.1 Å². The van der Waals surface area contributed by atoms with Gasteiger partial charge in [0.1, 0.15) is 11.6 Å². The van der Waals surface area contributed by atoms with E-state index < -0.39 is 0 Å². The van der Waals surface area contributed by atoms with Gasteiger partial charge in [-0.25, -0.2) is 14.4 Å². The van der Waals surface area contributed by atoms with Crippen molar-refractivity contribution in [1.82, 2.24) is 15.6 Å². The Morgan fingerprint density at radius 1 is 1.28 bits per heavy atom. The minimum atomic E-state index is -0.341. The van der Waals surface area contributed by atoms with E-state index in [1.54, 1.807) is 24.4 Å². The number of rotatable bonds is 6. The standard InChI is InChI=1S/C18H23FN4O.HI/c1-4-20-18(23-13(2)3)22-12-14-8-9-17(21-11-14)24-16-7-5-6-15(19)10-16;/h5-11,13H,4,12H2,1-3H3,(H2,20,22,23);1H. The van der Waals surface area contributed by atoms with Gasteiger partial charge in [-0.3, -0.25) is 0 Å². The predicted molar refractivity (Wildman–Crippen MR) is 109 cm³/mol. The summed E-state index contributed by atoms with van der Waals surface area (Å²) in [5, 5.41) is 6.45. The van der Waals surface area contributed by atoms with Gasteiger partial charge in [0.2, 0.25) is 5.88 Å².